The van der Waals surface area contributed by atoms with Crippen molar-refractivity contribution in [1.29, 1.82) is 0 Å². The van der Waals surface area contributed by atoms with Crippen LogP contribution in [-0.4, -0.2) is 34.3 Å². The van der Waals surface area contributed by atoms with Gasteiger partial charge in [0.1, 0.15) is 0 Å². The molecule has 3 N–H and O–H groups in total. The second-order valence-electron chi connectivity index (χ2n) is 7.17. The summed E-state index contributed by atoms with van der Waals surface area (Å²) < 4.78 is 30.2. The minimum Gasteiger partial charge on any atom is -0.461 e. The lowest BCUT2D eigenvalue weighted by molar-refractivity contribution is -0.115. The van der Waals surface area contributed by atoms with Crippen molar-refractivity contribution >= 4 is 33.4 Å². The number of nitrogens with one attached hydrogen (secondary N) is 1. The van der Waals surface area contributed by atoms with Gasteiger partial charge in [-0.3, -0.25) is 9.36 Å². The molecule has 0 aliphatic heterocycles. The van der Waals surface area contributed by atoms with Crippen molar-refractivity contribution in [3.05, 3.63) is 78.6 Å². The Morgan fingerprint density at radius 1 is 1.09 bits per heavy atom. The number of thioether (sulfide) groups is 1. The average molecular weight is 484 g/mol. The Labute approximate surface area is 195 Å². The summed E-state index contributed by atoms with van der Waals surface area (Å²) in [5.74, 6) is 0.882. The second-order valence-corrected chi connectivity index (χ2v) is 10.0. The van der Waals surface area contributed by atoms with Crippen LogP contribution in [0.5, 0.6) is 0 Å². The molecule has 0 bridgehead atoms. The molecule has 11 heteroatoms. The number of primary sulfonamides is 1. The van der Waals surface area contributed by atoms with E-state index in [0.717, 1.165) is 5.56 Å². The summed E-state index contributed by atoms with van der Waals surface area (Å²) in [7, 11) is -3.79. The Bertz CT molecular complexity index is 1340. The van der Waals surface area contributed by atoms with E-state index in [4.69, 9.17) is 9.56 Å². The van der Waals surface area contributed by atoms with Gasteiger partial charge in [0.15, 0.2) is 10.9 Å². The van der Waals surface area contributed by atoms with Crippen molar-refractivity contribution in [2.24, 2.45) is 5.14 Å². The number of nitrogens with zero attached hydrogens (tertiary/aromatic N) is 3. The quantitative estimate of drug-likeness (QED) is 0.367. The monoisotopic (exact) mass is 483 g/mol. The standard InChI is InChI=1S/C22H21N5O4S2/c1-15(21(28)24-17-9-11-18(12-10-17)33(23,29)30)32-22-26-25-20(19-8-5-13-31-19)27(22)14-16-6-3-2-4-7-16/h2-13,15H,14H2,1H3,(H,24,28)(H2,23,29,30)/t15-/m0/s1. The van der Waals surface area contributed by atoms with Gasteiger partial charge in [0.05, 0.1) is 23.0 Å². The largest absolute Gasteiger partial charge is 0.461 e. The van der Waals surface area contributed by atoms with Crippen LogP contribution in [0.4, 0.5) is 5.69 Å². The number of nitrogens with two attached hydrogens (primary N) is 1. The number of aromatic nitrogens is 3. The molecule has 1 amide bonds. The summed E-state index contributed by atoms with van der Waals surface area (Å²) in [5, 5.41) is 16.5. The summed E-state index contributed by atoms with van der Waals surface area (Å²) in [6.45, 7) is 2.27. The van der Waals surface area contributed by atoms with E-state index in [-0.39, 0.29) is 10.8 Å². The molecular weight excluding hydrogens is 462 g/mol. The molecule has 0 saturated heterocycles. The number of furan rings is 1. The van der Waals surface area contributed by atoms with Crippen molar-refractivity contribution in [3.8, 4) is 11.6 Å². The first-order valence-electron chi connectivity index (χ1n) is 9.92. The van der Waals surface area contributed by atoms with Crippen LogP contribution in [0, 0.1) is 0 Å². The van der Waals surface area contributed by atoms with E-state index < -0.39 is 15.3 Å². The molecule has 4 rings (SSSR count). The number of amides is 1. The van der Waals surface area contributed by atoms with Gasteiger partial charge in [0.25, 0.3) is 0 Å². The molecule has 33 heavy (non-hydrogen) atoms. The molecule has 0 fully saturated rings. The van der Waals surface area contributed by atoms with Crippen molar-refractivity contribution in [2.45, 2.75) is 28.8 Å². The summed E-state index contributed by atoms with van der Waals surface area (Å²) in [6, 6.07) is 19.1. The number of rotatable bonds is 8. The number of hydrogen-bond donors (Lipinski definition) is 2. The SMILES string of the molecule is C[C@H](Sc1nnc(-c2ccco2)n1Cc1ccccc1)C(=O)Nc1ccc(S(N)(=O)=O)cc1. The lowest BCUT2D eigenvalue weighted by Crippen LogP contribution is -2.23. The van der Waals surface area contributed by atoms with Crippen molar-refractivity contribution in [2.75, 3.05) is 5.32 Å². The number of carbonyl (C=O) groups is 1. The van der Waals surface area contributed by atoms with E-state index in [0.29, 0.717) is 29.0 Å². The van der Waals surface area contributed by atoms with Crippen LogP contribution in [0.25, 0.3) is 11.6 Å². The highest BCUT2D eigenvalue weighted by molar-refractivity contribution is 8.00. The van der Waals surface area contributed by atoms with Gasteiger partial charge in [-0.25, -0.2) is 13.6 Å². The molecule has 2 aromatic heterocycles. The molecular formula is C22H21N5O4S2. The zero-order valence-electron chi connectivity index (χ0n) is 17.6. The van der Waals surface area contributed by atoms with E-state index in [1.807, 2.05) is 34.9 Å². The highest BCUT2D eigenvalue weighted by Gasteiger charge is 2.22. The normalized spacial score (nSPS) is 12.4. The molecule has 170 valence electrons. The van der Waals surface area contributed by atoms with Crippen LogP contribution >= 0.6 is 11.8 Å². The summed E-state index contributed by atoms with van der Waals surface area (Å²) in [5.41, 5.74) is 1.51. The van der Waals surface area contributed by atoms with Crippen LogP contribution in [0.2, 0.25) is 0 Å². The number of sulfonamides is 1. The van der Waals surface area contributed by atoms with E-state index in [9.17, 15) is 13.2 Å². The minimum atomic E-state index is -3.79. The van der Waals surface area contributed by atoms with Crippen molar-refractivity contribution < 1.29 is 17.6 Å². The van der Waals surface area contributed by atoms with Gasteiger partial charge in [-0.15, -0.1) is 10.2 Å². The lowest BCUT2D eigenvalue weighted by atomic mass is 10.2. The molecule has 0 unspecified atom stereocenters. The number of carbonyl (C=O) groups excluding carboxylic acids is 1. The van der Waals surface area contributed by atoms with Gasteiger partial charge in [-0.2, -0.15) is 0 Å². The molecule has 2 aromatic carbocycles. The smallest absolute Gasteiger partial charge is 0.238 e. The Balaban J connectivity index is 1.52. The van der Waals surface area contributed by atoms with Crippen LogP contribution in [-0.2, 0) is 21.4 Å². The van der Waals surface area contributed by atoms with E-state index in [2.05, 4.69) is 15.5 Å². The minimum absolute atomic E-state index is 0.0256. The van der Waals surface area contributed by atoms with E-state index in [1.165, 1.54) is 36.0 Å². The average Bonchev–Trinajstić information content (AvgIpc) is 3.45. The highest BCUT2D eigenvalue weighted by Crippen LogP contribution is 2.28. The highest BCUT2D eigenvalue weighted by atomic mass is 32.2. The Hall–Kier alpha value is -3.41. The van der Waals surface area contributed by atoms with Gasteiger partial charge >= 0.3 is 0 Å². The maximum Gasteiger partial charge on any atom is 0.238 e. The van der Waals surface area contributed by atoms with Gasteiger partial charge in [0, 0.05) is 5.69 Å². The first kappa shape index (κ1) is 22.8. The second kappa shape index (κ2) is 9.61. The summed E-state index contributed by atoms with van der Waals surface area (Å²) in [6.07, 6.45) is 1.57. The fourth-order valence-corrected chi connectivity index (χ4v) is 4.42. The lowest BCUT2D eigenvalue weighted by Gasteiger charge is -2.14. The molecule has 4 aromatic rings. The van der Waals surface area contributed by atoms with E-state index in [1.54, 1.807) is 25.3 Å². The molecule has 0 aliphatic rings. The molecule has 0 aliphatic carbocycles. The molecule has 0 saturated carbocycles. The Morgan fingerprint density at radius 3 is 2.45 bits per heavy atom. The van der Waals surface area contributed by atoms with Crippen LogP contribution in [0.1, 0.15) is 12.5 Å². The van der Waals surface area contributed by atoms with Crippen molar-refractivity contribution in [1.82, 2.24) is 14.8 Å². The molecule has 0 radical (unpaired) electrons. The van der Waals surface area contributed by atoms with Crippen LogP contribution < -0.4 is 10.5 Å². The predicted octanol–water partition coefficient (Wildman–Crippen LogP) is 3.35. The topological polar surface area (TPSA) is 133 Å². The van der Waals surface area contributed by atoms with Gasteiger partial charge in [-0.05, 0) is 48.9 Å². The zero-order chi connectivity index (χ0) is 23.4. The first-order chi connectivity index (χ1) is 15.8. The Kier molecular flexibility index (Phi) is 6.63. The maximum absolute atomic E-state index is 12.8. The van der Waals surface area contributed by atoms with Gasteiger partial charge in [-0.1, -0.05) is 42.1 Å². The number of hydrogen-bond acceptors (Lipinski definition) is 7. The van der Waals surface area contributed by atoms with E-state index >= 15 is 0 Å². The fraction of sp³-hybridized carbons (Fsp3) is 0.136. The number of benzene rings is 2. The molecule has 0 spiro atoms. The summed E-state index contributed by atoms with van der Waals surface area (Å²) in [4.78, 5) is 12.7. The maximum atomic E-state index is 12.8. The fourth-order valence-electron chi connectivity index (χ4n) is 3.06. The van der Waals surface area contributed by atoms with Crippen molar-refractivity contribution in [3.63, 3.8) is 0 Å². The third-order valence-corrected chi connectivity index (χ3v) is 6.75. The third-order valence-electron chi connectivity index (χ3n) is 4.74. The zero-order valence-corrected chi connectivity index (χ0v) is 19.2. The number of anilines is 1. The molecule has 9 nitrogen and oxygen atoms in total. The van der Waals surface area contributed by atoms with Gasteiger partial charge < -0.3 is 9.73 Å². The first-order valence-corrected chi connectivity index (χ1v) is 12.4. The van der Waals surface area contributed by atoms with Crippen LogP contribution in [0.3, 0.4) is 0 Å². The predicted molar refractivity (Wildman–Crippen MR) is 125 cm³/mol. The molecule has 1 atom stereocenters. The third kappa shape index (κ3) is 5.51. The van der Waals surface area contributed by atoms with Gasteiger partial charge in [0.2, 0.25) is 21.8 Å². The Morgan fingerprint density at radius 2 is 1.82 bits per heavy atom. The van der Waals surface area contributed by atoms with Crippen LogP contribution in [0.15, 0.2) is 87.5 Å². The summed E-state index contributed by atoms with van der Waals surface area (Å²) >= 11 is 1.26. The molecule has 2 heterocycles.